The van der Waals surface area contributed by atoms with Gasteiger partial charge in [0.05, 0.1) is 19.4 Å². The lowest BCUT2D eigenvalue weighted by atomic mass is 9.96. The van der Waals surface area contributed by atoms with Crippen LogP contribution >= 0.6 is 0 Å². The Morgan fingerprint density at radius 3 is 1.53 bits per heavy atom. The zero-order valence-electron chi connectivity index (χ0n) is 20.1. The quantitative estimate of drug-likeness (QED) is 0.107. The molecule has 11 heteroatoms. The number of carboxylic acid groups (broad SMARTS) is 3. The Bertz CT molecular complexity index is 561. The highest BCUT2D eigenvalue weighted by Crippen LogP contribution is 2.16. The van der Waals surface area contributed by atoms with Crippen LogP contribution in [-0.4, -0.2) is 79.4 Å². The van der Waals surface area contributed by atoms with Crippen LogP contribution in [0.3, 0.4) is 0 Å². The number of ether oxygens (including phenoxy) is 1. The summed E-state index contributed by atoms with van der Waals surface area (Å²) in [6.45, 7) is 1.77. The van der Waals surface area contributed by atoms with Crippen LogP contribution in [0.2, 0.25) is 0 Å². The average molecular weight is 495 g/mol. The smallest absolute Gasteiger partial charge is 0.336 e. The Balaban J connectivity index is 0. The van der Waals surface area contributed by atoms with Crippen LogP contribution in [0.25, 0.3) is 0 Å². The Labute approximate surface area is 200 Å². The number of aliphatic hydroxyl groups excluding tert-OH is 2. The van der Waals surface area contributed by atoms with Crippen LogP contribution in [0.5, 0.6) is 0 Å². The van der Waals surface area contributed by atoms with Crippen molar-refractivity contribution in [3.05, 3.63) is 0 Å². The Hall–Kier alpha value is -2.24. The van der Waals surface area contributed by atoms with Crippen LogP contribution in [0.1, 0.15) is 96.8 Å². The van der Waals surface area contributed by atoms with E-state index in [9.17, 15) is 19.2 Å². The maximum absolute atomic E-state index is 11.3. The number of carbonyl (C=O) groups is 4. The third-order valence-electron chi connectivity index (χ3n) is 4.92. The second-order valence-corrected chi connectivity index (χ2v) is 8.28. The van der Waals surface area contributed by atoms with Crippen LogP contribution in [0.4, 0.5) is 0 Å². The van der Waals surface area contributed by atoms with E-state index in [2.05, 4.69) is 6.92 Å². The molecule has 11 nitrogen and oxygen atoms in total. The SMILES string of the molecule is CCCCCCCCCCCCCC(=O)OCC(O)CO.O=C(O)CC(O)(CC(=O)O)C(=O)O. The van der Waals surface area contributed by atoms with Crippen molar-refractivity contribution in [2.45, 2.75) is 109 Å². The summed E-state index contributed by atoms with van der Waals surface area (Å²) >= 11 is 0. The molecule has 0 aliphatic carbocycles. The summed E-state index contributed by atoms with van der Waals surface area (Å²) in [6, 6.07) is 0. The predicted octanol–water partition coefficient (Wildman–Crippen LogP) is 2.34. The molecule has 6 N–H and O–H groups in total. The highest BCUT2D eigenvalue weighted by Gasteiger charge is 2.40. The van der Waals surface area contributed by atoms with Crippen molar-refractivity contribution in [1.82, 2.24) is 0 Å². The fraction of sp³-hybridized carbons (Fsp3) is 0.826. The highest BCUT2D eigenvalue weighted by molar-refractivity contribution is 5.88. The number of carboxylic acids is 3. The summed E-state index contributed by atoms with van der Waals surface area (Å²) in [6.07, 6.45) is 11.0. The van der Waals surface area contributed by atoms with Crippen LogP contribution in [0, 0.1) is 0 Å². The number of hydrogen-bond donors (Lipinski definition) is 6. The average Bonchev–Trinajstić information content (AvgIpc) is 2.75. The van der Waals surface area contributed by atoms with Gasteiger partial charge in [0.1, 0.15) is 12.7 Å². The highest BCUT2D eigenvalue weighted by atomic mass is 16.5. The van der Waals surface area contributed by atoms with Gasteiger partial charge in [0.25, 0.3) is 0 Å². The second-order valence-electron chi connectivity index (χ2n) is 8.28. The summed E-state index contributed by atoms with van der Waals surface area (Å²) in [5, 5.41) is 51.4. The Morgan fingerprint density at radius 1 is 0.765 bits per heavy atom. The topological polar surface area (TPSA) is 199 Å². The third-order valence-corrected chi connectivity index (χ3v) is 4.92. The molecule has 0 fully saturated rings. The lowest BCUT2D eigenvalue weighted by molar-refractivity contribution is -0.170. The number of rotatable bonds is 20. The van der Waals surface area contributed by atoms with Gasteiger partial charge in [-0.2, -0.15) is 0 Å². The molecule has 0 rings (SSSR count). The third kappa shape index (κ3) is 21.6. The minimum Gasteiger partial charge on any atom is -0.481 e. The van der Waals surface area contributed by atoms with E-state index in [1.54, 1.807) is 0 Å². The van der Waals surface area contributed by atoms with Gasteiger partial charge in [-0.15, -0.1) is 0 Å². The van der Waals surface area contributed by atoms with Gasteiger partial charge in [-0.1, -0.05) is 71.1 Å². The van der Waals surface area contributed by atoms with E-state index in [0.29, 0.717) is 6.42 Å². The largest absolute Gasteiger partial charge is 0.481 e. The van der Waals surface area contributed by atoms with Gasteiger partial charge in [-0.05, 0) is 6.42 Å². The summed E-state index contributed by atoms with van der Waals surface area (Å²) in [4.78, 5) is 41.8. The van der Waals surface area contributed by atoms with Gasteiger partial charge in [0, 0.05) is 6.42 Å². The molecule has 1 atom stereocenters. The molecule has 0 saturated heterocycles. The molecule has 0 spiro atoms. The summed E-state index contributed by atoms with van der Waals surface area (Å²) < 4.78 is 4.84. The molecule has 0 aromatic carbocycles. The number of carbonyl (C=O) groups excluding carboxylic acids is 1. The molecule has 0 aromatic heterocycles. The monoisotopic (exact) mass is 494 g/mol. The van der Waals surface area contributed by atoms with Crippen molar-refractivity contribution < 1.29 is 54.6 Å². The number of esters is 1. The van der Waals surface area contributed by atoms with Gasteiger partial charge in [-0.25, -0.2) is 4.79 Å². The number of aliphatic carboxylic acids is 3. The van der Waals surface area contributed by atoms with Crippen molar-refractivity contribution in [3.63, 3.8) is 0 Å². The van der Waals surface area contributed by atoms with Crippen molar-refractivity contribution in [1.29, 1.82) is 0 Å². The molecule has 1 unspecified atom stereocenters. The first-order chi connectivity index (χ1) is 16.0. The van der Waals surface area contributed by atoms with Crippen molar-refractivity contribution in [2.75, 3.05) is 13.2 Å². The van der Waals surface area contributed by atoms with Gasteiger partial charge in [-0.3, -0.25) is 14.4 Å². The van der Waals surface area contributed by atoms with Gasteiger partial charge >= 0.3 is 23.9 Å². The Morgan fingerprint density at radius 2 is 1.18 bits per heavy atom. The maximum Gasteiger partial charge on any atom is 0.336 e. The van der Waals surface area contributed by atoms with E-state index < -0.39 is 42.5 Å². The van der Waals surface area contributed by atoms with Crippen LogP contribution < -0.4 is 0 Å². The molecule has 0 saturated carbocycles. The lowest BCUT2D eigenvalue weighted by Gasteiger charge is -2.18. The molecule has 0 heterocycles. The summed E-state index contributed by atoms with van der Waals surface area (Å²) in [5.74, 6) is -5.30. The van der Waals surface area contributed by atoms with Gasteiger partial charge < -0.3 is 35.4 Å². The normalized spacial score (nSPS) is 11.8. The van der Waals surface area contributed by atoms with E-state index >= 15 is 0 Å². The van der Waals surface area contributed by atoms with Crippen LogP contribution in [0.15, 0.2) is 0 Å². The first kappa shape index (κ1) is 33.9. The fourth-order valence-corrected chi connectivity index (χ4v) is 2.96. The second kappa shape index (κ2) is 21.3. The van der Waals surface area contributed by atoms with Crippen LogP contribution in [-0.2, 0) is 23.9 Å². The summed E-state index contributed by atoms with van der Waals surface area (Å²) in [5.41, 5.74) is -2.74. The minimum absolute atomic E-state index is 0.104. The number of aliphatic hydroxyl groups is 3. The predicted molar refractivity (Wildman–Crippen MR) is 122 cm³/mol. The number of unbranched alkanes of at least 4 members (excludes halogenated alkanes) is 10. The zero-order chi connectivity index (χ0) is 26.4. The van der Waals surface area contributed by atoms with Gasteiger partial charge in [0.2, 0.25) is 0 Å². The van der Waals surface area contributed by atoms with E-state index in [-0.39, 0.29) is 19.2 Å². The molecule has 0 bridgehead atoms. The molecule has 34 heavy (non-hydrogen) atoms. The standard InChI is InChI=1S/C17H34O4.C6H8O7/c1-2-3-4-5-6-7-8-9-10-11-12-13-17(20)21-15-16(19)14-18;7-3(8)1-6(13,5(11)12)2-4(9)10/h16,18-19H,2-15H2,1H3;13H,1-2H2,(H,7,8)(H,9,10)(H,11,12). The van der Waals surface area contributed by atoms with Crippen molar-refractivity contribution in [2.24, 2.45) is 0 Å². The minimum atomic E-state index is -2.74. The fourth-order valence-electron chi connectivity index (χ4n) is 2.96. The van der Waals surface area contributed by atoms with Crippen molar-refractivity contribution >= 4 is 23.9 Å². The van der Waals surface area contributed by atoms with Gasteiger partial charge in [0.15, 0.2) is 5.60 Å². The number of hydrogen-bond acceptors (Lipinski definition) is 8. The molecule has 0 aromatic rings. The van der Waals surface area contributed by atoms with E-state index in [1.807, 2.05) is 0 Å². The first-order valence-electron chi connectivity index (χ1n) is 11.8. The van der Waals surface area contributed by atoms with E-state index in [4.69, 9.17) is 35.4 Å². The molecule has 0 aliphatic rings. The molecule has 200 valence electrons. The molecular weight excluding hydrogens is 452 g/mol. The first-order valence-corrected chi connectivity index (χ1v) is 11.8. The Kier molecular flexibility index (Phi) is 21.3. The zero-order valence-corrected chi connectivity index (χ0v) is 20.1. The molecule has 0 amide bonds. The van der Waals surface area contributed by atoms with E-state index in [0.717, 1.165) is 12.8 Å². The molecule has 0 aliphatic heterocycles. The lowest BCUT2D eigenvalue weighted by Crippen LogP contribution is -2.42. The maximum atomic E-state index is 11.3. The van der Waals surface area contributed by atoms with E-state index in [1.165, 1.54) is 57.8 Å². The summed E-state index contributed by atoms with van der Waals surface area (Å²) in [7, 11) is 0. The molecular formula is C23H42O11. The van der Waals surface area contributed by atoms with Crippen molar-refractivity contribution in [3.8, 4) is 0 Å². The molecule has 0 radical (unpaired) electrons.